The first-order valence-electron chi connectivity index (χ1n) is 9.97. The number of amides is 1. The highest BCUT2D eigenvalue weighted by Crippen LogP contribution is 2.24. The van der Waals surface area contributed by atoms with E-state index in [1.54, 1.807) is 36.4 Å². The van der Waals surface area contributed by atoms with Gasteiger partial charge in [0.1, 0.15) is 11.5 Å². The Morgan fingerprint density at radius 3 is 2.27 bits per heavy atom. The molecule has 7 nitrogen and oxygen atoms in total. The first-order chi connectivity index (χ1) is 14.2. The SMILES string of the molecule is CN(C)CCN1CCN(C(=O)c2cccc(Oc3ccc(S(C)(=O)=O)cc3)c2)CC1. The fourth-order valence-electron chi connectivity index (χ4n) is 3.28. The number of benzene rings is 2. The molecule has 1 amide bonds. The summed E-state index contributed by atoms with van der Waals surface area (Å²) in [5.41, 5.74) is 0.585. The molecular weight excluding hydrogens is 402 g/mol. The van der Waals surface area contributed by atoms with E-state index < -0.39 is 9.84 Å². The number of piperazine rings is 1. The smallest absolute Gasteiger partial charge is 0.254 e. The van der Waals surface area contributed by atoms with Crippen molar-refractivity contribution >= 4 is 15.7 Å². The van der Waals surface area contributed by atoms with Crippen LogP contribution in [0, 0.1) is 0 Å². The molecule has 0 unspecified atom stereocenters. The number of sulfone groups is 1. The van der Waals surface area contributed by atoms with Gasteiger partial charge in [-0.1, -0.05) is 6.07 Å². The fraction of sp³-hybridized carbons (Fsp3) is 0.409. The van der Waals surface area contributed by atoms with Crippen LogP contribution in [0.3, 0.4) is 0 Å². The van der Waals surface area contributed by atoms with E-state index >= 15 is 0 Å². The van der Waals surface area contributed by atoms with Gasteiger partial charge in [0, 0.05) is 51.1 Å². The summed E-state index contributed by atoms with van der Waals surface area (Å²) in [5, 5.41) is 0. The summed E-state index contributed by atoms with van der Waals surface area (Å²) in [6, 6.07) is 13.3. The number of rotatable bonds is 7. The molecule has 2 aromatic rings. The summed E-state index contributed by atoms with van der Waals surface area (Å²) in [6.45, 7) is 5.20. The minimum atomic E-state index is -3.25. The van der Waals surface area contributed by atoms with Gasteiger partial charge in [0.25, 0.3) is 5.91 Å². The van der Waals surface area contributed by atoms with Gasteiger partial charge < -0.3 is 14.5 Å². The van der Waals surface area contributed by atoms with Crippen molar-refractivity contribution in [2.24, 2.45) is 0 Å². The molecule has 30 heavy (non-hydrogen) atoms. The van der Waals surface area contributed by atoms with E-state index in [9.17, 15) is 13.2 Å². The Kier molecular flexibility index (Phi) is 7.12. The van der Waals surface area contributed by atoms with Gasteiger partial charge in [0.05, 0.1) is 4.90 Å². The summed E-state index contributed by atoms with van der Waals surface area (Å²) in [5.74, 6) is 1.05. The molecule has 0 spiro atoms. The molecule has 8 heteroatoms. The minimum Gasteiger partial charge on any atom is -0.457 e. The van der Waals surface area contributed by atoms with Gasteiger partial charge in [0.2, 0.25) is 0 Å². The Morgan fingerprint density at radius 1 is 1.00 bits per heavy atom. The number of hydrogen-bond acceptors (Lipinski definition) is 6. The van der Waals surface area contributed by atoms with Crippen LogP contribution in [-0.4, -0.2) is 88.6 Å². The molecule has 0 N–H and O–H groups in total. The van der Waals surface area contributed by atoms with Crippen molar-refractivity contribution < 1.29 is 17.9 Å². The third-order valence-corrected chi connectivity index (χ3v) is 6.22. The molecular formula is C22H29N3O4S. The molecule has 162 valence electrons. The maximum atomic E-state index is 12.9. The van der Waals surface area contributed by atoms with Crippen LogP contribution in [0.5, 0.6) is 11.5 Å². The van der Waals surface area contributed by atoms with Crippen LogP contribution in [0.15, 0.2) is 53.4 Å². The molecule has 0 aromatic heterocycles. The second kappa shape index (κ2) is 9.59. The van der Waals surface area contributed by atoms with Crippen LogP contribution in [0.2, 0.25) is 0 Å². The van der Waals surface area contributed by atoms with Gasteiger partial charge >= 0.3 is 0 Å². The van der Waals surface area contributed by atoms with Gasteiger partial charge in [-0.05, 0) is 56.6 Å². The van der Waals surface area contributed by atoms with E-state index in [0.717, 1.165) is 26.2 Å². The lowest BCUT2D eigenvalue weighted by Crippen LogP contribution is -2.49. The average Bonchev–Trinajstić information content (AvgIpc) is 2.72. The molecule has 1 aliphatic rings. The Hall–Kier alpha value is -2.42. The van der Waals surface area contributed by atoms with Crippen molar-refractivity contribution in [1.82, 2.24) is 14.7 Å². The maximum Gasteiger partial charge on any atom is 0.254 e. The fourth-order valence-corrected chi connectivity index (χ4v) is 3.91. The number of carbonyl (C=O) groups excluding carboxylic acids is 1. The molecule has 3 rings (SSSR count). The lowest BCUT2D eigenvalue weighted by atomic mass is 10.1. The van der Waals surface area contributed by atoms with Crippen molar-refractivity contribution in [2.45, 2.75) is 4.90 Å². The second-order valence-corrected chi connectivity index (χ2v) is 9.83. The van der Waals surface area contributed by atoms with Crippen LogP contribution < -0.4 is 4.74 Å². The van der Waals surface area contributed by atoms with E-state index in [1.807, 2.05) is 4.90 Å². The number of nitrogens with zero attached hydrogens (tertiary/aromatic N) is 3. The standard InChI is InChI=1S/C22H29N3O4S/c1-23(2)11-12-24-13-15-25(16-14-24)22(26)18-5-4-6-20(17-18)29-19-7-9-21(10-8-19)30(3,27)28/h4-10,17H,11-16H2,1-3H3. The van der Waals surface area contributed by atoms with Crippen molar-refractivity contribution in [3.8, 4) is 11.5 Å². The Balaban J connectivity index is 1.60. The molecule has 1 heterocycles. The number of ether oxygens (including phenoxy) is 1. The molecule has 1 fully saturated rings. The summed E-state index contributed by atoms with van der Waals surface area (Å²) in [4.78, 5) is 19.6. The first-order valence-corrected chi connectivity index (χ1v) is 11.9. The zero-order chi connectivity index (χ0) is 21.7. The van der Waals surface area contributed by atoms with Gasteiger partial charge in [-0.3, -0.25) is 9.69 Å². The summed E-state index contributed by atoms with van der Waals surface area (Å²) < 4.78 is 29.0. The number of likely N-dealkylation sites (N-methyl/N-ethyl adjacent to an activating group) is 1. The maximum absolute atomic E-state index is 12.9. The second-order valence-electron chi connectivity index (χ2n) is 7.81. The molecule has 0 aliphatic carbocycles. The van der Waals surface area contributed by atoms with E-state index in [1.165, 1.54) is 18.4 Å². The molecule has 1 saturated heterocycles. The normalized spacial score (nSPS) is 15.4. The zero-order valence-corrected chi connectivity index (χ0v) is 18.6. The highest BCUT2D eigenvalue weighted by molar-refractivity contribution is 7.90. The van der Waals surface area contributed by atoms with E-state index in [0.29, 0.717) is 30.2 Å². The van der Waals surface area contributed by atoms with Crippen LogP contribution in [0.4, 0.5) is 0 Å². The largest absolute Gasteiger partial charge is 0.457 e. The quantitative estimate of drug-likeness (QED) is 0.670. The predicted molar refractivity (Wildman–Crippen MR) is 117 cm³/mol. The summed E-state index contributed by atoms with van der Waals surface area (Å²) in [7, 11) is 0.882. The third-order valence-electron chi connectivity index (χ3n) is 5.09. The van der Waals surface area contributed by atoms with Crippen LogP contribution >= 0.6 is 0 Å². The zero-order valence-electron chi connectivity index (χ0n) is 17.7. The number of carbonyl (C=O) groups is 1. The molecule has 0 bridgehead atoms. The lowest BCUT2D eigenvalue weighted by molar-refractivity contribution is 0.0629. The lowest BCUT2D eigenvalue weighted by Gasteiger charge is -2.35. The van der Waals surface area contributed by atoms with Crippen LogP contribution in [0.1, 0.15) is 10.4 Å². The van der Waals surface area contributed by atoms with Gasteiger partial charge in [-0.25, -0.2) is 8.42 Å². The molecule has 0 atom stereocenters. The average molecular weight is 432 g/mol. The first kappa shape index (κ1) is 22.3. The summed E-state index contributed by atoms with van der Waals surface area (Å²) >= 11 is 0. The Morgan fingerprint density at radius 2 is 1.67 bits per heavy atom. The number of hydrogen-bond donors (Lipinski definition) is 0. The van der Waals surface area contributed by atoms with Gasteiger partial charge in [0.15, 0.2) is 9.84 Å². The Labute approximate surface area is 178 Å². The molecule has 0 radical (unpaired) electrons. The minimum absolute atomic E-state index is 0.000124. The molecule has 2 aromatic carbocycles. The predicted octanol–water partition coefficient (Wildman–Crippen LogP) is 2.20. The third kappa shape index (κ3) is 6.04. The van der Waals surface area contributed by atoms with Crippen molar-refractivity contribution in [3.63, 3.8) is 0 Å². The van der Waals surface area contributed by atoms with E-state index in [-0.39, 0.29) is 10.8 Å². The topological polar surface area (TPSA) is 70.2 Å². The van der Waals surface area contributed by atoms with Crippen molar-refractivity contribution in [3.05, 3.63) is 54.1 Å². The van der Waals surface area contributed by atoms with E-state index in [4.69, 9.17) is 4.74 Å². The Bertz CT molecular complexity index is 966. The van der Waals surface area contributed by atoms with Crippen LogP contribution in [-0.2, 0) is 9.84 Å². The van der Waals surface area contributed by atoms with Crippen molar-refractivity contribution in [2.75, 3.05) is 59.6 Å². The summed E-state index contributed by atoms with van der Waals surface area (Å²) in [6.07, 6.45) is 1.17. The van der Waals surface area contributed by atoms with Gasteiger partial charge in [-0.15, -0.1) is 0 Å². The monoisotopic (exact) mass is 431 g/mol. The van der Waals surface area contributed by atoms with E-state index in [2.05, 4.69) is 23.9 Å². The van der Waals surface area contributed by atoms with Crippen molar-refractivity contribution in [1.29, 1.82) is 0 Å². The molecule has 0 saturated carbocycles. The van der Waals surface area contributed by atoms with Crippen LogP contribution in [0.25, 0.3) is 0 Å². The van der Waals surface area contributed by atoms with Gasteiger partial charge in [-0.2, -0.15) is 0 Å². The highest BCUT2D eigenvalue weighted by atomic mass is 32.2. The highest BCUT2D eigenvalue weighted by Gasteiger charge is 2.22. The molecule has 1 aliphatic heterocycles.